The summed E-state index contributed by atoms with van der Waals surface area (Å²) in [7, 11) is 0. The highest BCUT2D eigenvalue weighted by Gasteiger charge is 2.64. The molecule has 1 aromatic rings. The van der Waals surface area contributed by atoms with Gasteiger partial charge in [-0.25, -0.2) is 0 Å². The maximum Gasteiger partial charge on any atom is 0.573 e. The predicted octanol–water partition coefficient (Wildman–Crippen LogP) is 1.79. The maximum absolute atomic E-state index is 12.2. The Kier molecular flexibility index (Phi) is 2.35. The predicted molar refractivity (Wildman–Crippen MR) is 58.6 cm³/mol. The van der Waals surface area contributed by atoms with Gasteiger partial charge in [0.05, 0.1) is 5.41 Å². The van der Waals surface area contributed by atoms with Crippen LogP contribution in [0.4, 0.5) is 18.9 Å². The second kappa shape index (κ2) is 3.63. The summed E-state index contributed by atoms with van der Waals surface area (Å²) >= 11 is 0. The third-order valence-electron chi connectivity index (χ3n) is 3.68. The van der Waals surface area contributed by atoms with Gasteiger partial charge in [-0.3, -0.25) is 4.79 Å². The van der Waals surface area contributed by atoms with Crippen molar-refractivity contribution < 1.29 is 27.8 Å². The summed E-state index contributed by atoms with van der Waals surface area (Å²) in [6, 6.07) is 3.76. The highest BCUT2D eigenvalue weighted by Crippen LogP contribution is 2.60. The zero-order chi connectivity index (χ0) is 13.8. The van der Waals surface area contributed by atoms with E-state index < -0.39 is 11.8 Å². The number of ether oxygens (including phenoxy) is 1. The van der Waals surface area contributed by atoms with Gasteiger partial charge in [0.2, 0.25) is 5.91 Å². The Morgan fingerprint density at radius 1 is 1.47 bits per heavy atom. The summed E-state index contributed by atoms with van der Waals surface area (Å²) in [5, 5.41) is 11.8. The summed E-state index contributed by atoms with van der Waals surface area (Å²) < 4.78 is 40.4. The molecule has 0 bridgehead atoms. The Balaban J connectivity index is 1.98. The van der Waals surface area contributed by atoms with E-state index in [4.69, 9.17) is 5.11 Å². The number of rotatable bonds is 2. The average molecular weight is 273 g/mol. The molecule has 1 aliphatic heterocycles. The number of amides is 1. The number of carbonyl (C=O) groups excluding carboxylic acids is 1. The average Bonchev–Trinajstić information content (AvgIpc) is 2.98. The van der Waals surface area contributed by atoms with E-state index in [0.29, 0.717) is 17.7 Å². The van der Waals surface area contributed by atoms with Crippen LogP contribution in [0.5, 0.6) is 5.75 Å². The number of alkyl halides is 3. The van der Waals surface area contributed by atoms with Crippen LogP contribution in [0.1, 0.15) is 12.0 Å². The first-order valence-corrected chi connectivity index (χ1v) is 5.69. The van der Waals surface area contributed by atoms with E-state index in [1.54, 1.807) is 0 Å². The van der Waals surface area contributed by atoms with Crippen LogP contribution < -0.4 is 10.1 Å². The molecule has 1 spiro atoms. The van der Waals surface area contributed by atoms with Crippen molar-refractivity contribution in [2.75, 3.05) is 11.9 Å². The van der Waals surface area contributed by atoms with Crippen LogP contribution in [0.25, 0.3) is 0 Å². The van der Waals surface area contributed by atoms with Crippen LogP contribution in [0.2, 0.25) is 0 Å². The van der Waals surface area contributed by atoms with Crippen molar-refractivity contribution in [3.05, 3.63) is 23.8 Å². The van der Waals surface area contributed by atoms with Crippen LogP contribution in [0.15, 0.2) is 18.2 Å². The Bertz CT molecular complexity index is 558. The van der Waals surface area contributed by atoms with E-state index in [2.05, 4.69) is 10.1 Å². The molecule has 4 nitrogen and oxygen atoms in total. The molecule has 19 heavy (non-hydrogen) atoms. The van der Waals surface area contributed by atoms with Crippen LogP contribution in [-0.2, 0) is 10.2 Å². The third-order valence-corrected chi connectivity index (χ3v) is 3.68. The van der Waals surface area contributed by atoms with Gasteiger partial charge in [0.15, 0.2) is 0 Å². The molecule has 2 atom stereocenters. The molecule has 2 N–H and O–H groups in total. The molecule has 1 aliphatic carbocycles. The van der Waals surface area contributed by atoms with E-state index in [0.717, 1.165) is 6.07 Å². The largest absolute Gasteiger partial charge is 0.573 e. The number of hydrogen-bond donors (Lipinski definition) is 2. The van der Waals surface area contributed by atoms with Gasteiger partial charge in [0.25, 0.3) is 0 Å². The summed E-state index contributed by atoms with van der Waals surface area (Å²) in [6.45, 7) is -0.169. The number of nitrogens with one attached hydrogen (secondary N) is 1. The number of anilines is 1. The lowest BCUT2D eigenvalue weighted by molar-refractivity contribution is -0.274. The first-order valence-electron chi connectivity index (χ1n) is 5.69. The fourth-order valence-corrected chi connectivity index (χ4v) is 2.71. The van der Waals surface area contributed by atoms with E-state index >= 15 is 0 Å². The van der Waals surface area contributed by atoms with Crippen molar-refractivity contribution in [1.82, 2.24) is 0 Å². The van der Waals surface area contributed by atoms with Gasteiger partial charge >= 0.3 is 6.36 Å². The van der Waals surface area contributed by atoms with Gasteiger partial charge < -0.3 is 15.2 Å². The van der Waals surface area contributed by atoms with E-state index in [-0.39, 0.29) is 24.2 Å². The first-order chi connectivity index (χ1) is 8.87. The molecule has 1 heterocycles. The van der Waals surface area contributed by atoms with E-state index in [1.807, 2.05) is 0 Å². The summed E-state index contributed by atoms with van der Waals surface area (Å²) in [6.07, 6.45) is -4.32. The van der Waals surface area contributed by atoms with Gasteiger partial charge in [-0.2, -0.15) is 0 Å². The monoisotopic (exact) mass is 273 g/mol. The van der Waals surface area contributed by atoms with Crippen LogP contribution in [0, 0.1) is 5.92 Å². The van der Waals surface area contributed by atoms with Crippen molar-refractivity contribution >= 4 is 11.6 Å². The SMILES string of the molecule is O=C1Nc2ccc(OC(F)(F)F)cc2[C@]12C[C@@H]2CO. The lowest BCUT2D eigenvalue weighted by Gasteiger charge is -2.12. The molecule has 1 amide bonds. The minimum Gasteiger partial charge on any atom is -0.406 e. The molecule has 0 unspecified atom stereocenters. The van der Waals surface area contributed by atoms with Crippen LogP contribution in [-0.4, -0.2) is 24.0 Å². The molecular formula is C12H10F3NO3. The molecular weight excluding hydrogens is 263 g/mol. The number of fused-ring (bicyclic) bond motifs is 2. The molecule has 0 radical (unpaired) electrons. The Labute approximate surface area is 106 Å². The van der Waals surface area contributed by atoms with Gasteiger partial charge in [-0.05, 0) is 30.2 Å². The maximum atomic E-state index is 12.2. The Hall–Kier alpha value is -1.76. The summed E-state index contributed by atoms with van der Waals surface area (Å²) in [5.41, 5.74) is 0.0727. The number of hydrogen-bond acceptors (Lipinski definition) is 3. The first kappa shape index (κ1) is 12.3. The van der Waals surface area contributed by atoms with E-state index in [1.165, 1.54) is 12.1 Å². The zero-order valence-corrected chi connectivity index (χ0v) is 9.62. The molecule has 0 aromatic heterocycles. The van der Waals surface area contributed by atoms with Crippen molar-refractivity contribution in [3.8, 4) is 5.75 Å². The molecule has 7 heteroatoms. The Morgan fingerprint density at radius 3 is 2.79 bits per heavy atom. The topological polar surface area (TPSA) is 58.6 Å². The lowest BCUT2D eigenvalue weighted by Crippen LogP contribution is -2.22. The number of carbonyl (C=O) groups is 1. The Morgan fingerprint density at radius 2 is 2.21 bits per heavy atom. The van der Waals surface area contributed by atoms with Crippen molar-refractivity contribution in [2.24, 2.45) is 5.92 Å². The molecule has 0 saturated heterocycles. The number of aliphatic hydroxyl groups excluding tert-OH is 1. The number of benzene rings is 1. The molecule has 2 aliphatic rings. The minimum absolute atomic E-state index is 0.169. The minimum atomic E-state index is -4.77. The fourth-order valence-electron chi connectivity index (χ4n) is 2.71. The zero-order valence-electron chi connectivity index (χ0n) is 9.62. The second-order valence-electron chi connectivity index (χ2n) is 4.76. The van der Waals surface area contributed by atoms with Gasteiger partial charge in [-0.1, -0.05) is 0 Å². The van der Waals surface area contributed by atoms with Crippen molar-refractivity contribution in [3.63, 3.8) is 0 Å². The molecule has 1 fully saturated rings. The van der Waals surface area contributed by atoms with Crippen LogP contribution >= 0.6 is 0 Å². The normalized spacial score (nSPS) is 28.2. The summed E-state index contributed by atoms with van der Waals surface area (Å²) in [5.74, 6) is -0.869. The second-order valence-corrected chi connectivity index (χ2v) is 4.76. The van der Waals surface area contributed by atoms with Crippen LogP contribution in [0.3, 0.4) is 0 Å². The third kappa shape index (κ3) is 1.76. The highest BCUT2D eigenvalue weighted by molar-refractivity contribution is 6.09. The van der Waals surface area contributed by atoms with E-state index in [9.17, 15) is 18.0 Å². The van der Waals surface area contributed by atoms with Gasteiger partial charge in [0.1, 0.15) is 5.75 Å². The lowest BCUT2D eigenvalue weighted by atomic mass is 9.95. The highest BCUT2D eigenvalue weighted by atomic mass is 19.4. The standard InChI is InChI=1S/C12H10F3NO3/c13-12(14,15)19-7-1-2-9-8(3-7)11(10(18)16-9)4-6(11)5-17/h1-3,6,17H,4-5H2,(H,16,18)/t6-,11-/m1/s1. The number of aliphatic hydroxyl groups is 1. The molecule has 1 saturated carbocycles. The summed E-state index contributed by atoms with van der Waals surface area (Å²) in [4.78, 5) is 11.9. The molecule has 3 rings (SSSR count). The van der Waals surface area contributed by atoms with Gasteiger partial charge in [-0.15, -0.1) is 13.2 Å². The van der Waals surface area contributed by atoms with Crippen molar-refractivity contribution in [2.45, 2.75) is 18.2 Å². The van der Waals surface area contributed by atoms with Gasteiger partial charge in [0, 0.05) is 18.2 Å². The molecule has 1 aromatic carbocycles. The fraction of sp³-hybridized carbons (Fsp3) is 0.417. The quantitative estimate of drug-likeness (QED) is 0.863. The van der Waals surface area contributed by atoms with Crippen molar-refractivity contribution in [1.29, 1.82) is 0 Å². The smallest absolute Gasteiger partial charge is 0.406 e. The number of halogens is 3. The molecule has 102 valence electrons.